The Hall–Kier alpha value is -1.49. The maximum absolute atomic E-state index is 11.2. The quantitative estimate of drug-likeness (QED) is 0.417. The third-order valence-corrected chi connectivity index (χ3v) is 1.94. The summed E-state index contributed by atoms with van der Waals surface area (Å²) in [6, 6.07) is -0.385. The molecule has 0 aliphatic rings. The monoisotopic (exact) mass is 212 g/mol. The van der Waals surface area contributed by atoms with Crippen molar-refractivity contribution in [3.63, 3.8) is 0 Å². The normalized spacial score (nSPS) is 11.5. The maximum Gasteiger partial charge on any atom is 0.220 e. The Morgan fingerprint density at radius 1 is 1.47 bits per heavy atom. The summed E-state index contributed by atoms with van der Waals surface area (Å²) >= 11 is 0. The van der Waals surface area contributed by atoms with Gasteiger partial charge in [0, 0.05) is 6.42 Å². The number of likely N-dealkylation sites (N-methyl/N-ethyl adjacent to an activating group) is 1. The topological polar surface area (TPSA) is 75.3 Å². The first kappa shape index (κ1) is 13.5. The number of carbonyl (C=O) groups is 3. The molecule has 0 aromatic heterocycles. The van der Waals surface area contributed by atoms with Crippen LogP contribution < -0.4 is 10.6 Å². The molecule has 0 saturated heterocycles. The van der Waals surface area contributed by atoms with Gasteiger partial charge in [-0.25, -0.2) is 0 Å². The standard InChI is InChI=1S/C10H16N2O3/c1-3-9(14)8(11-2)4-5-10(15)12-6-7-13/h3,7-8,11H,1,4-6H2,2H3,(H,12,15). The zero-order valence-electron chi connectivity index (χ0n) is 8.79. The first-order chi connectivity index (χ1) is 7.15. The lowest BCUT2D eigenvalue weighted by molar-refractivity contribution is -0.123. The fourth-order valence-corrected chi connectivity index (χ4v) is 1.09. The summed E-state index contributed by atoms with van der Waals surface area (Å²) in [7, 11) is 1.65. The van der Waals surface area contributed by atoms with Crippen LogP contribution in [-0.4, -0.2) is 37.6 Å². The lowest BCUT2D eigenvalue weighted by atomic mass is 10.1. The number of rotatable bonds is 8. The molecule has 0 rings (SSSR count). The zero-order chi connectivity index (χ0) is 11.7. The molecule has 0 bridgehead atoms. The predicted molar refractivity (Wildman–Crippen MR) is 56.4 cm³/mol. The third kappa shape index (κ3) is 5.74. The highest BCUT2D eigenvalue weighted by Gasteiger charge is 2.14. The third-order valence-electron chi connectivity index (χ3n) is 1.94. The van der Waals surface area contributed by atoms with E-state index in [0.29, 0.717) is 12.7 Å². The summed E-state index contributed by atoms with van der Waals surface area (Å²) < 4.78 is 0. The summed E-state index contributed by atoms with van der Waals surface area (Å²) in [5, 5.41) is 5.19. The average molecular weight is 212 g/mol. The van der Waals surface area contributed by atoms with Crippen LogP contribution in [0.4, 0.5) is 0 Å². The molecule has 5 nitrogen and oxygen atoms in total. The van der Waals surface area contributed by atoms with Crippen molar-refractivity contribution in [3.05, 3.63) is 12.7 Å². The van der Waals surface area contributed by atoms with Crippen molar-refractivity contribution in [1.82, 2.24) is 10.6 Å². The summed E-state index contributed by atoms with van der Waals surface area (Å²) in [6.45, 7) is 3.38. The molecule has 0 radical (unpaired) electrons. The molecular weight excluding hydrogens is 196 g/mol. The van der Waals surface area contributed by atoms with Crippen molar-refractivity contribution in [2.75, 3.05) is 13.6 Å². The van der Waals surface area contributed by atoms with E-state index in [1.165, 1.54) is 6.08 Å². The molecule has 15 heavy (non-hydrogen) atoms. The van der Waals surface area contributed by atoms with Gasteiger partial charge in [-0.1, -0.05) is 6.58 Å². The van der Waals surface area contributed by atoms with E-state index in [2.05, 4.69) is 17.2 Å². The molecule has 0 aliphatic heterocycles. The van der Waals surface area contributed by atoms with Crippen LogP contribution in [-0.2, 0) is 14.4 Å². The lowest BCUT2D eigenvalue weighted by Gasteiger charge is -2.11. The Morgan fingerprint density at radius 3 is 2.60 bits per heavy atom. The van der Waals surface area contributed by atoms with Gasteiger partial charge in [0.15, 0.2) is 5.78 Å². The number of amides is 1. The first-order valence-corrected chi connectivity index (χ1v) is 4.69. The number of ketones is 1. The van der Waals surface area contributed by atoms with E-state index in [4.69, 9.17) is 0 Å². The molecule has 0 fully saturated rings. The molecule has 5 heteroatoms. The zero-order valence-corrected chi connectivity index (χ0v) is 8.79. The minimum absolute atomic E-state index is 0.0124. The van der Waals surface area contributed by atoms with Gasteiger partial charge in [0.1, 0.15) is 6.29 Å². The van der Waals surface area contributed by atoms with E-state index >= 15 is 0 Å². The molecule has 1 atom stereocenters. The van der Waals surface area contributed by atoms with Crippen molar-refractivity contribution in [1.29, 1.82) is 0 Å². The molecule has 0 saturated carbocycles. The van der Waals surface area contributed by atoms with Crippen LogP contribution in [0.25, 0.3) is 0 Å². The Kier molecular flexibility index (Phi) is 7.09. The van der Waals surface area contributed by atoms with Crippen LogP contribution in [0.15, 0.2) is 12.7 Å². The molecule has 0 spiro atoms. The van der Waals surface area contributed by atoms with E-state index in [1.54, 1.807) is 7.05 Å². The van der Waals surface area contributed by atoms with Crippen LogP contribution in [0.3, 0.4) is 0 Å². The highest BCUT2D eigenvalue weighted by Crippen LogP contribution is 1.98. The van der Waals surface area contributed by atoms with Crippen LogP contribution in [0.1, 0.15) is 12.8 Å². The number of aldehydes is 1. The van der Waals surface area contributed by atoms with Crippen molar-refractivity contribution >= 4 is 18.0 Å². The highest BCUT2D eigenvalue weighted by atomic mass is 16.2. The Balaban J connectivity index is 3.89. The molecule has 2 N–H and O–H groups in total. The number of nitrogens with one attached hydrogen (secondary N) is 2. The van der Waals surface area contributed by atoms with Crippen LogP contribution in [0.2, 0.25) is 0 Å². The van der Waals surface area contributed by atoms with E-state index in [1.807, 2.05) is 0 Å². The van der Waals surface area contributed by atoms with Gasteiger partial charge >= 0.3 is 0 Å². The number of hydrogen-bond acceptors (Lipinski definition) is 4. The lowest BCUT2D eigenvalue weighted by Crippen LogP contribution is -2.35. The van der Waals surface area contributed by atoms with Crippen molar-refractivity contribution in [2.24, 2.45) is 0 Å². The SMILES string of the molecule is C=CC(=O)C(CCC(=O)NCC=O)NC. The second kappa shape index (κ2) is 7.87. The van der Waals surface area contributed by atoms with Crippen molar-refractivity contribution < 1.29 is 14.4 Å². The van der Waals surface area contributed by atoms with Crippen LogP contribution in [0, 0.1) is 0 Å². The summed E-state index contributed by atoms with van der Waals surface area (Å²) in [5.41, 5.74) is 0. The van der Waals surface area contributed by atoms with Gasteiger partial charge in [0.05, 0.1) is 12.6 Å². The molecule has 0 aliphatic carbocycles. The molecule has 84 valence electrons. The predicted octanol–water partition coefficient (Wildman–Crippen LogP) is -0.575. The van der Waals surface area contributed by atoms with Crippen LogP contribution >= 0.6 is 0 Å². The second-order valence-corrected chi connectivity index (χ2v) is 2.96. The minimum atomic E-state index is -0.385. The highest BCUT2D eigenvalue weighted by molar-refractivity contribution is 5.94. The van der Waals surface area contributed by atoms with Gasteiger partial charge in [0.2, 0.25) is 5.91 Å². The summed E-state index contributed by atoms with van der Waals surface area (Å²) in [6.07, 6.45) is 2.44. The fraction of sp³-hybridized carbons (Fsp3) is 0.500. The largest absolute Gasteiger partial charge is 0.349 e. The maximum atomic E-state index is 11.2. The second-order valence-electron chi connectivity index (χ2n) is 2.96. The molecular formula is C10H16N2O3. The van der Waals surface area contributed by atoms with Crippen molar-refractivity contribution in [2.45, 2.75) is 18.9 Å². The number of carbonyl (C=O) groups excluding carboxylic acids is 3. The average Bonchev–Trinajstić information content (AvgIpc) is 2.26. The summed E-state index contributed by atoms with van der Waals surface area (Å²) in [4.78, 5) is 32.3. The van der Waals surface area contributed by atoms with Gasteiger partial charge in [-0.15, -0.1) is 0 Å². The Labute approximate surface area is 88.9 Å². The minimum Gasteiger partial charge on any atom is -0.349 e. The van der Waals surface area contributed by atoms with E-state index in [0.717, 1.165) is 0 Å². The molecule has 1 unspecified atom stereocenters. The Morgan fingerprint density at radius 2 is 2.13 bits per heavy atom. The van der Waals surface area contributed by atoms with Gasteiger partial charge in [-0.2, -0.15) is 0 Å². The molecule has 0 aromatic carbocycles. The van der Waals surface area contributed by atoms with Crippen LogP contribution in [0.5, 0.6) is 0 Å². The van der Waals surface area contributed by atoms with Gasteiger partial charge in [-0.3, -0.25) is 9.59 Å². The molecule has 0 aromatic rings. The molecule has 0 heterocycles. The van der Waals surface area contributed by atoms with Gasteiger partial charge < -0.3 is 15.4 Å². The van der Waals surface area contributed by atoms with E-state index < -0.39 is 0 Å². The van der Waals surface area contributed by atoms with Gasteiger partial charge in [0.25, 0.3) is 0 Å². The summed E-state index contributed by atoms with van der Waals surface area (Å²) in [5.74, 6) is -0.375. The van der Waals surface area contributed by atoms with E-state index in [-0.39, 0.29) is 30.7 Å². The van der Waals surface area contributed by atoms with E-state index in [9.17, 15) is 14.4 Å². The van der Waals surface area contributed by atoms with Gasteiger partial charge in [-0.05, 0) is 19.5 Å². The smallest absolute Gasteiger partial charge is 0.220 e. The number of hydrogen-bond donors (Lipinski definition) is 2. The Bertz CT molecular complexity index is 251. The fourth-order valence-electron chi connectivity index (χ4n) is 1.09. The first-order valence-electron chi connectivity index (χ1n) is 4.69. The molecule has 1 amide bonds. The van der Waals surface area contributed by atoms with Crippen molar-refractivity contribution in [3.8, 4) is 0 Å².